The lowest BCUT2D eigenvalue weighted by Crippen LogP contribution is -2.36. The van der Waals surface area contributed by atoms with Gasteiger partial charge in [0.25, 0.3) is 11.6 Å². The molecule has 0 saturated heterocycles. The van der Waals surface area contributed by atoms with Crippen LogP contribution in [0.5, 0.6) is 5.75 Å². The van der Waals surface area contributed by atoms with Crippen LogP contribution in [0.15, 0.2) is 48.7 Å². The van der Waals surface area contributed by atoms with Crippen LogP contribution in [0.4, 0.5) is 34.8 Å². The number of nitro groups is 1. The van der Waals surface area contributed by atoms with Gasteiger partial charge >= 0.3 is 6.18 Å². The highest BCUT2D eigenvalue weighted by molar-refractivity contribution is 6.07. The summed E-state index contributed by atoms with van der Waals surface area (Å²) in [6, 6.07) is 5.66. The molecule has 1 aliphatic heterocycles. The minimum Gasteiger partial charge on any atom is -0.496 e. The summed E-state index contributed by atoms with van der Waals surface area (Å²) in [5.41, 5.74) is -0.142. The minimum absolute atomic E-state index is 0.00858. The van der Waals surface area contributed by atoms with Gasteiger partial charge in [0.15, 0.2) is 6.04 Å². The van der Waals surface area contributed by atoms with Gasteiger partial charge in [-0.05, 0) is 17.7 Å². The van der Waals surface area contributed by atoms with Crippen molar-refractivity contribution in [1.82, 2.24) is 9.78 Å². The van der Waals surface area contributed by atoms with E-state index < -0.39 is 41.3 Å². The largest absolute Gasteiger partial charge is 0.496 e. The van der Waals surface area contributed by atoms with Crippen LogP contribution >= 0.6 is 0 Å². The smallest absolute Gasteiger partial charge is 0.410 e. The number of benzene rings is 2. The van der Waals surface area contributed by atoms with Gasteiger partial charge in [0.2, 0.25) is 0 Å². The summed E-state index contributed by atoms with van der Waals surface area (Å²) in [4.78, 5) is 23.4. The molecule has 1 aliphatic rings. The maximum absolute atomic E-state index is 13.8. The predicted octanol–water partition coefficient (Wildman–Crippen LogP) is 4.85. The van der Waals surface area contributed by atoms with Crippen LogP contribution in [0.25, 0.3) is 0 Å². The van der Waals surface area contributed by atoms with Crippen molar-refractivity contribution < 1.29 is 32.0 Å². The van der Waals surface area contributed by atoms with Crippen LogP contribution in [0.1, 0.15) is 34.4 Å². The number of halogens is 4. The number of hydrogen-bond donors (Lipinski definition) is 2. The Labute approximate surface area is 189 Å². The van der Waals surface area contributed by atoms with Crippen molar-refractivity contribution in [3.05, 3.63) is 75.7 Å². The number of nitrogens with one attached hydrogen (secondary N) is 2. The molecule has 0 bridgehead atoms. The van der Waals surface area contributed by atoms with E-state index in [-0.39, 0.29) is 28.5 Å². The third-order valence-electron chi connectivity index (χ3n) is 5.35. The fourth-order valence-electron chi connectivity index (χ4n) is 3.72. The summed E-state index contributed by atoms with van der Waals surface area (Å²) in [7, 11) is 1.29. The number of non-ortho nitro benzene ring substituents is 1. The van der Waals surface area contributed by atoms with Gasteiger partial charge in [-0.1, -0.05) is 12.1 Å². The van der Waals surface area contributed by atoms with Gasteiger partial charge in [-0.3, -0.25) is 14.9 Å². The quantitative estimate of drug-likeness (QED) is 0.307. The maximum Gasteiger partial charge on any atom is 0.410 e. The molecule has 4 rings (SSSR count). The Bertz CT molecular complexity index is 1240. The van der Waals surface area contributed by atoms with Gasteiger partial charge in [-0.2, -0.15) is 18.3 Å². The molecule has 2 N–H and O–H groups in total. The Morgan fingerprint density at radius 2 is 1.97 bits per heavy atom. The number of methoxy groups -OCH3 is 1. The number of fused-ring (bicyclic) bond motifs is 1. The molecule has 1 aromatic heterocycles. The number of hydrogen-bond acceptors (Lipinski definition) is 6. The zero-order chi connectivity index (χ0) is 24.6. The average Bonchev–Trinajstić information content (AvgIpc) is 3.22. The van der Waals surface area contributed by atoms with Crippen LogP contribution in [0.2, 0.25) is 0 Å². The summed E-state index contributed by atoms with van der Waals surface area (Å²) in [6.07, 6.45) is -4.10. The van der Waals surface area contributed by atoms with Crippen LogP contribution in [-0.2, 0) is 0 Å². The highest BCUT2D eigenvalue weighted by Gasteiger charge is 2.47. The van der Waals surface area contributed by atoms with Crippen molar-refractivity contribution in [2.75, 3.05) is 17.7 Å². The standard InChI is InChI=1S/C21H17F4N5O4/c1-34-15-7-13(6-14(8-15)30(32)33)27-20(31)16-10-26-29-18(21(23,24)25)9-17(28-19(16)29)11-2-4-12(22)5-3-11/h2-8,10,17-18,28H,9H2,1H3,(H,27,31)/t17-,18+/m0/s1. The lowest BCUT2D eigenvalue weighted by Gasteiger charge is -2.34. The number of carbonyl (C=O) groups excluding carboxylic acids is 1. The van der Waals surface area contributed by atoms with Crippen LogP contribution in [0, 0.1) is 15.9 Å². The SMILES string of the molecule is COc1cc(NC(=O)c2cnn3c2N[C@H](c2ccc(F)cc2)C[C@@H]3C(F)(F)F)cc([N+](=O)[O-])c1. The number of nitro benzene ring substituents is 1. The van der Waals surface area contributed by atoms with E-state index in [4.69, 9.17) is 4.74 Å². The molecular weight excluding hydrogens is 462 g/mol. The molecule has 1 amide bonds. The summed E-state index contributed by atoms with van der Waals surface area (Å²) < 4.78 is 60.4. The van der Waals surface area contributed by atoms with Gasteiger partial charge in [-0.15, -0.1) is 0 Å². The monoisotopic (exact) mass is 479 g/mol. The van der Waals surface area contributed by atoms with Crippen molar-refractivity contribution in [2.45, 2.75) is 24.7 Å². The first-order valence-corrected chi connectivity index (χ1v) is 9.88. The molecule has 9 nitrogen and oxygen atoms in total. The molecular formula is C21H17F4N5O4. The fourth-order valence-corrected chi connectivity index (χ4v) is 3.72. The van der Waals surface area contributed by atoms with Crippen LogP contribution in [0.3, 0.4) is 0 Å². The number of rotatable bonds is 5. The topological polar surface area (TPSA) is 111 Å². The number of amides is 1. The number of ether oxygens (including phenoxy) is 1. The second kappa shape index (κ2) is 8.65. The summed E-state index contributed by atoms with van der Waals surface area (Å²) in [6.45, 7) is 0. The first-order chi connectivity index (χ1) is 16.1. The molecule has 13 heteroatoms. The number of carbonyl (C=O) groups is 1. The minimum atomic E-state index is -4.66. The molecule has 2 heterocycles. The Morgan fingerprint density at radius 1 is 1.26 bits per heavy atom. The predicted molar refractivity (Wildman–Crippen MR) is 112 cm³/mol. The lowest BCUT2D eigenvalue weighted by molar-refractivity contribution is -0.384. The van der Waals surface area contributed by atoms with E-state index in [2.05, 4.69) is 15.7 Å². The molecule has 0 unspecified atom stereocenters. The summed E-state index contributed by atoms with van der Waals surface area (Å²) >= 11 is 0. The van der Waals surface area contributed by atoms with Crippen molar-refractivity contribution in [3.63, 3.8) is 0 Å². The molecule has 3 aromatic rings. The number of alkyl halides is 3. The summed E-state index contributed by atoms with van der Waals surface area (Å²) in [5, 5.41) is 20.2. The number of nitrogens with zero attached hydrogens (tertiary/aromatic N) is 3. The van der Waals surface area contributed by atoms with E-state index in [0.29, 0.717) is 10.2 Å². The molecule has 0 aliphatic carbocycles. The zero-order valence-electron chi connectivity index (χ0n) is 17.5. The van der Waals surface area contributed by atoms with Gasteiger partial charge < -0.3 is 15.4 Å². The zero-order valence-corrected chi connectivity index (χ0v) is 17.5. The Morgan fingerprint density at radius 3 is 2.59 bits per heavy atom. The highest BCUT2D eigenvalue weighted by atomic mass is 19.4. The van der Waals surface area contributed by atoms with E-state index in [1.54, 1.807) is 0 Å². The Hall–Kier alpha value is -4.16. The second-order valence-corrected chi connectivity index (χ2v) is 7.52. The van der Waals surface area contributed by atoms with Crippen LogP contribution < -0.4 is 15.4 Å². The van der Waals surface area contributed by atoms with Gasteiger partial charge in [0.05, 0.1) is 36.0 Å². The first-order valence-electron chi connectivity index (χ1n) is 9.88. The highest BCUT2D eigenvalue weighted by Crippen LogP contribution is 2.44. The Balaban J connectivity index is 1.69. The second-order valence-electron chi connectivity index (χ2n) is 7.52. The van der Waals surface area contributed by atoms with E-state index in [0.717, 1.165) is 30.5 Å². The first kappa shape index (κ1) is 23.0. The number of aromatic nitrogens is 2. The van der Waals surface area contributed by atoms with E-state index in [1.807, 2.05) is 0 Å². The third-order valence-corrected chi connectivity index (χ3v) is 5.35. The van der Waals surface area contributed by atoms with Crippen molar-refractivity contribution >= 4 is 23.1 Å². The summed E-state index contributed by atoms with van der Waals surface area (Å²) in [5.74, 6) is -1.45. The molecule has 178 valence electrons. The van der Waals surface area contributed by atoms with Gasteiger partial charge in [-0.25, -0.2) is 9.07 Å². The molecule has 0 radical (unpaired) electrons. The normalized spacial score (nSPS) is 17.4. The van der Waals surface area contributed by atoms with E-state index >= 15 is 0 Å². The van der Waals surface area contributed by atoms with E-state index in [1.165, 1.54) is 25.3 Å². The molecule has 0 fully saturated rings. The molecule has 34 heavy (non-hydrogen) atoms. The van der Waals surface area contributed by atoms with Gasteiger partial charge in [0, 0.05) is 18.6 Å². The van der Waals surface area contributed by atoms with Crippen molar-refractivity contribution in [2.24, 2.45) is 0 Å². The average molecular weight is 479 g/mol. The fraction of sp³-hybridized carbons (Fsp3) is 0.238. The van der Waals surface area contributed by atoms with Gasteiger partial charge in [0.1, 0.15) is 22.9 Å². The molecule has 0 spiro atoms. The molecule has 2 aromatic carbocycles. The maximum atomic E-state index is 13.8. The lowest BCUT2D eigenvalue weighted by atomic mass is 9.96. The third kappa shape index (κ3) is 4.49. The number of anilines is 2. The molecule has 2 atom stereocenters. The Kier molecular flexibility index (Phi) is 5.85. The van der Waals surface area contributed by atoms with Crippen molar-refractivity contribution in [1.29, 1.82) is 0 Å². The van der Waals surface area contributed by atoms with E-state index in [9.17, 15) is 32.5 Å². The van der Waals surface area contributed by atoms with Crippen LogP contribution in [-0.4, -0.2) is 33.9 Å². The molecule has 0 saturated carbocycles. The van der Waals surface area contributed by atoms with Crippen molar-refractivity contribution in [3.8, 4) is 5.75 Å².